The van der Waals surface area contributed by atoms with E-state index in [1.165, 1.54) is 6.07 Å². The Labute approximate surface area is 165 Å². The molecular formula is C17H17Cl2N3O3S. The van der Waals surface area contributed by atoms with Gasteiger partial charge in [0.05, 0.1) is 12.2 Å². The van der Waals surface area contributed by atoms with Crippen molar-refractivity contribution in [2.75, 3.05) is 31.7 Å². The Kier molecular flexibility index (Phi) is 7.26. The number of ether oxygens (including phenoxy) is 1. The number of hydrogen-bond acceptors (Lipinski definition) is 6. The number of nitrogens with zero attached hydrogens (tertiary/aromatic N) is 2. The normalized spacial score (nSPS) is 10.5. The van der Waals surface area contributed by atoms with Crippen molar-refractivity contribution in [1.82, 2.24) is 5.48 Å². The third-order valence-electron chi connectivity index (χ3n) is 3.63. The summed E-state index contributed by atoms with van der Waals surface area (Å²) in [6.45, 7) is 3.51. The van der Waals surface area contributed by atoms with Crippen LogP contribution in [-0.4, -0.2) is 37.9 Å². The van der Waals surface area contributed by atoms with Crippen molar-refractivity contribution in [2.45, 2.75) is 6.92 Å². The summed E-state index contributed by atoms with van der Waals surface area (Å²) in [7, 11) is 1.81. The second kappa shape index (κ2) is 9.21. The van der Waals surface area contributed by atoms with Crippen LogP contribution >= 0.6 is 34.5 Å². The second-order valence-corrected chi connectivity index (χ2v) is 7.12. The highest BCUT2D eigenvalue weighted by atomic mass is 35.5. The average Bonchev–Trinajstić information content (AvgIpc) is 3.00. The highest BCUT2D eigenvalue weighted by Gasteiger charge is 2.27. The molecule has 2 aromatic rings. The van der Waals surface area contributed by atoms with Crippen molar-refractivity contribution in [3.05, 3.63) is 38.7 Å². The first-order valence-electron chi connectivity index (χ1n) is 7.70. The molecule has 0 saturated heterocycles. The Morgan fingerprint density at radius 1 is 1.46 bits per heavy atom. The predicted molar refractivity (Wildman–Crippen MR) is 104 cm³/mol. The molecule has 2 N–H and O–H groups in total. The maximum Gasteiger partial charge on any atom is 0.285 e. The van der Waals surface area contributed by atoms with Crippen LogP contribution < -0.4 is 10.4 Å². The summed E-state index contributed by atoms with van der Waals surface area (Å²) in [5, 5.41) is 20.2. The summed E-state index contributed by atoms with van der Waals surface area (Å²) in [5.74, 6) is -0.711. The van der Waals surface area contributed by atoms with Crippen LogP contribution in [0.4, 0.5) is 5.00 Å². The van der Waals surface area contributed by atoms with Crippen molar-refractivity contribution >= 4 is 45.4 Å². The molecule has 6 nitrogen and oxygen atoms in total. The van der Waals surface area contributed by atoms with Crippen molar-refractivity contribution in [1.29, 1.82) is 5.26 Å². The number of likely N-dealkylation sites (N-methyl/N-ethyl adjacent to an activating group) is 1. The Morgan fingerprint density at radius 2 is 2.19 bits per heavy atom. The van der Waals surface area contributed by atoms with Crippen LogP contribution in [0.3, 0.4) is 0 Å². The quantitative estimate of drug-likeness (QED) is 0.403. The second-order valence-electron chi connectivity index (χ2n) is 5.28. The van der Waals surface area contributed by atoms with Gasteiger partial charge in [0.2, 0.25) is 0 Å². The van der Waals surface area contributed by atoms with E-state index in [9.17, 15) is 10.1 Å². The van der Waals surface area contributed by atoms with Crippen LogP contribution in [0.5, 0.6) is 0 Å². The number of carbonyl (C=O) groups is 1. The number of carbonyl (C=O) groups excluding carboxylic acids is 1. The fourth-order valence-corrected chi connectivity index (χ4v) is 4.04. The van der Waals surface area contributed by atoms with E-state index in [1.54, 1.807) is 24.7 Å². The molecule has 0 saturated carbocycles. The van der Waals surface area contributed by atoms with E-state index < -0.39 is 5.91 Å². The smallest absolute Gasteiger partial charge is 0.285 e. The van der Waals surface area contributed by atoms with Gasteiger partial charge in [0.15, 0.2) is 0 Å². The van der Waals surface area contributed by atoms with Crippen molar-refractivity contribution in [3.63, 3.8) is 0 Å². The molecule has 138 valence electrons. The maximum atomic E-state index is 12.2. The first-order valence-corrected chi connectivity index (χ1v) is 9.27. The highest BCUT2D eigenvalue weighted by molar-refractivity contribution is 7.18. The van der Waals surface area contributed by atoms with Gasteiger partial charge in [-0.05, 0) is 19.1 Å². The summed E-state index contributed by atoms with van der Waals surface area (Å²) in [5.41, 5.74) is 2.79. The first-order chi connectivity index (χ1) is 12.4. The van der Waals surface area contributed by atoms with Crippen LogP contribution in [0.25, 0.3) is 11.1 Å². The number of rotatable bonds is 7. The Hall–Kier alpha value is -1.82. The SMILES string of the molecule is CCOCCN(C)c1sc(C(=O)NO)c(-c2ccc(Cl)cc2Cl)c1C#N. The molecule has 1 aromatic carbocycles. The van der Waals surface area contributed by atoms with Gasteiger partial charge in [-0.3, -0.25) is 10.0 Å². The summed E-state index contributed by atoms with van der Waals surface area (Å²) in [6, 6.07) is 6.96. The van der Waals surface area contributed by atoms with Gasteiger partial charge in [-0.15, -0.1) is 11.3 Å². The number of nitrogens with one attached hydrogen (secondary N) is 1. The fraction of sp³-hybridized carbons (Fsp3) is 0.294. The number of halogens is 2. The Bertz CT molecular complexity index is 849. The van der Waals surface area contributed by atoms with Crippen LogP contribution in [0, 0.1) is 11.3 Å². The van der Waals surface area contributed by atoms with Crippen molar-refractivity contribution in [3.8, 4) is 17.2 Å². The third-order valence-corrected chi connectivity index (χ3v) is 5.48. The summed E-state index contributed by atoms with van der Waals surface area (Å²) >= 11 is 13.3. The zero-order valence-corrected chi connectivity index (χ0v) is 16.5. The largest absolute Gasteiger partial charge is 0.380 e. The molecule has 1 amide bonds. The minimum Gasteiger partial charge on any atom is -0.380 e. The molecule has 26 heavy (non-hydrogen) atoms. The van der Waals surface area contributed by atoms with Crippen LogP contribution in [-0.2, 0) is 4.74 Å². The van der Waals surface area contributed by atoms with E-state index in [4.69, 9.17) is 33.1 Å². The van der Waals surface area contributed by atoms with Gasteiger partial charge >= 0.3 is 0 Å². The molecular weight excluding hydrogens is 397 g/mol. The van der Waals surface area contributed by atoms with E-state index in [0.29, 0.717) is 51.5 Å². The van der Waals surface area contributed by atoms with E-state index >= 15 is 0 Å². The maximum absolute atomic E-state index is 12.2. The third kappa shape index (κ3) is 4.29. The predicted octanol–water partition coefficient (Wildman–Crippen LogP) is 4.19. The van der Waals surface area contributed by atoms with Gasteiger partial charge < -0.3 is 9.64 Å². The zero-order valence-electron chi connectivity index (χ0n) is 14.2. The number of benzene rings is 1. The van der Waals surface area contributed by atoms with E-state index in [2.05, 4.69) is 6.07 Å². The average molecular weight is 414 g/mol. The molecule has 1 aromatic heterocycles. The number of hydrogen-bond donors (Lipinski definition) is 2. The lowest BCUT2D eigenvalue weighted by atomic mass is 10.0. The number of hydroxylamine groups is 1. The lowest BCUT2D eigenvalue weighted by molar-refractivity contribution is 0.0711. The molecule has 0 atom stereocenters. The van der Waals surface area contributed by atoms with Crippen LogP contribution in [0.15, 0.2) is 18.2 Å². The highest BCUT2D eigenvalue weighted by Crippen LogP contribution is 2.44. The summed E-state index contributed by atoms with van der Waals surface area (Å²) < 4.78 is 5.35. The Morgan fingerprint density at radius 3 is 2.77 bits per heavy atom. The number of anilines is 1. The van der Waals surface area contributed by atoms with Gasteiger partial charge in [0.25, 0.3) is 5.91 Å². The number of amides is 1. The molecule has 0 spiro atoms. The first kappa shape index (κ1) is 20.5. The molecule has 0 aliphatic carbocycles. The molecule has 9 heteroatoms. The molecule has 0 aliphatic heterocycles. The fourth-order valence-electron chi connectivity index (χ4n) is 2.40. The van der Waals surface area contributed by atoms with Gasteiger partial charge in [-0.2, -0.15) is 5.26 Å². The van der Waals surface area contributed by atoms with Gasteiger partial charge in [-0.25, -0.2) is 5.48 Å². The number of thiophene rings is 1. The zero-order chi connectivity index (χ0) is 19.3. The molecule has 0 aliphatic rings. The monoisotopic (exact) mass is 413 g/mol. The van der Waals surface area contributed by atoms with E-state index in [-0.39, 0.29) is 4.88 Å². The standard InChI is InChI=1S/C17H17Cl2N3O3S/c1-3-25-7-6-22(2)17-12(9-20)14(15(26-17)16(23)21-24)11-5-4-10(18)8-13(11)19/h4-5,8,24H,3,6-7H2,1-2H3,(H,21,23). The van der Waals surface area contributed by atoms with Gasteiger partial charge in [0.1, 0.15) is 15.9 Å². The van der Waals surface area contributed by atoms with Crippen molar-refractivity contribution < 1.29 is 14.7 Å². The molecule has 0 radical (unpaired) electrons. The number of nitriles is 1. The minimum absolute atomic E-state index is 0.187. The molecule has 0 bridgehead atoms. The van der Waals surface area contributed by atoms with E-state index in [1.807, 2.05) is 11.8 Å². The molecule has 2 rings (SSSR count). The van der Waals surface area contributed by atoms with Crippen LogP contribution in [0.1, 0.15) is 22.2 Å². The topological polar surface area (TPSA) is 85.6 Å². The van der Waals surface area contributed by atoms with Gasteiger partial charge in [-0.1, -0.05) is 29.3 Å². The molecule has 1 heterocycles. The van der Waals surface area contributed by atoms with E-state index in [0.717, 1.165) is 11.3 Å². The summed E-state index contributed by atoms with van der Waals surface area (Å²) in [4.78, 5) is 14.2. The molecule has 0 fully saturated rings. The Balaban J connectivity index is 2.61. The lowest BCUT2D eigenvalue weighted by Gasteiger charge is -2.17. The van der Waals surface area contributed by atoms with Crippen LogP contribution in [0.2, 0.25) is 10.0 Å². The summed E-state index contributed by atoms with van der Waals surface area (Å²) in [6.07, 6.45) is 0. The van der Waals surface area contributed by atoms with Gasteiger partial charge in [0, 0.05) is 41.4 Å². The minimum atomic E-state index is -0.711. The van der Waals surface area contributed by atoms with Crippen molar-refractivity contribution in [2.24, 2.45) is 0 Å². The lowest BCUT2D eigenvalue weighted by Crippen LogP contribution is -2.22. The molecule has 0 unspecified atom stereocenters.